The van der Waals surface area contributed by atoms with E-state index < -0.39 is 41.7 Å². The Kier molecular flexibility index (Phi) is 10.5. The van der Waals surface area contributed by atoms with Gasteiger partial charge in [0.1, 0.15) is 6.67 Å². The normalized spacial score (nSPS) is 34.7. The molecule has 0 bridgehead atoms. The number of hydrogen-bond donors (Lipinski definition) is 4. The second kappa shape index (κ2) is 12.6. The number of rotatable bonds is 10. The van der Waals surface area contributed by atoms with Crippen LogP contribution in [0.1, 0.15) is 98.3 Å². The van der Waals surface area contributed by atoms with Crippen molar-refractivity contribution < 1.29 is 38.0 Å². The molecule has 3 saturated carbocycles. The Hall–Kier alpha value is -1.48. The van der Waals surface area contributed by atoms with Crippen LogP contribution in [-0.2, 0) is 0 Å². The Morgan fingerprint density at radius 3 is 2.34 bits per heavy atom. The van der Waals surface area contributed by atoms with Crippen molar-refractivity contribution in [3.8, 4) is 0 Å². The molecule has 234 valence electrons. The minimum atomic E-state index is -5.10. The highest BCUT2D eigenvalue weighted by Crippen LogP contribution is 2.63. The Labute approximate surface area is 242 Å². The lowest BCUT2D eigenvalue weighted by Crippen LogP contribution is -2.45. The molecule has 4 nitrogen and oxygen atoms in total. The van der Waals surface area contributed by atoms with E-state index in [1.807, 2.05) is 6.08 Å². The third-order valence-corrected chi connectivity index (χ3v) is 10.3. The molecule has 0 radical (unpaired) electrons. The number of aliphatic hydroxyl groups is 4. The predicted molar refractivity (Wildman–Crippen MR) is 154 cm³/mol. The summed E-state index contributed by atoms with van der Waals surface area (Å²) in [6, 6.07) is 0. The maximum atomic E-state index is 13.3. The molecular weight excluding hydrogens is 536 g/mol. The molecule has 0 saturated heterocycles. The summed E-state index contributed by atoms with van der Waals surface area (Å²) in [4.78, 5) is 0. The van der Waals surface area contributed by atoms with Gasteiger partial charge in [0.2, 0.25) is 5.60 Å². The first-order chi connectivity index (χ1) is 18.9. The van der Waals surface area contributed by atoms with Crippen LogP contribution >= 0.6 is 0 Å². The van der Waals surface area contributed by atoms with Crippen molar-refractivity contribution in [1.82, 2.24) is 0 Å². The summed E-state index contributed by atoms with van der Waals surface area (Å²) in [5.74, 6) is 0.473. The van der Waals surface area contributed by atoms with Crippen molar-refractivity contribution in [2.45, 2.75) is 128 Å². The van der Waals surface area contributed by atoms with Crippen LogP contribution in [0, 0.1) is 22.7 Å². The molecule has 0 heterocycles. The molecule has 7 atom stereocenters. The van der Waals surface area contributed by atoms with Gasteiger partial charge in [-0.05, 0) is 112 Å². The van der Waals surface area contributed by atoms with E-state index in [1.54, 1.807) is 13.8 Å². The molecule has 3 rings (SSSR count). The lowest BCUT2D eigenvalue weighted by atomic mass is 9.55. The monoisotopic (exact) mass is 586 g/mol. The van der Waals surface area contributed by atoms with Crippen LogP contribution in [0.2, 0.25) is 0 Å². The standard InChI is InChI=1S/C33H50F4O4/c1-22-24(19-25(38)20-27(22)39)11-10-23-9-6-17-31(5)26(23)12-13-28(31)30(4,15-7-14-29(2,3)40)16-8-18-32(41,21-34)33(35,36)37/h8,10-11,18,25-28,38-41H,1,6-7,9,12-17,19-21H2,2-5H3/b18-8+,23-10?,24-11-/t25-,26?,27?,28-,30+,31+,32?/m1/s1. The average Bonchev–Trinajstić information content (AvgIpc) is 3.22. The van der Waals surface area contributed by atoms with Crippen molar-refractivity contribution >= 4 is 0 Å². The zero-order chi connectivity index (χ0) is 30.9. The van der Waals surface area contributed by atoms with Gasteiger partial charge in [-0.15, -0.1) is 0 Å². The first kappa shape index (κ1) is 34.0. The molecule has 0 amide bonds. The summed E-state index contributed by atoms with van der Waals surface area (Å²) in [7, 11) is 0. The summed E-state index contributed by atoms with van der Waals surface area (Å²) in [6.45, 7) is 9.95. The van der Waals surface area contributed by atoms with E-state index in [9.17, 15) is 38.0 Å². The Morgan fingerprint density at radius 1 is 1.05 bits per heavy atom. The second-order valence-electron chi connectivity index (χ2n) is 14.1. The number of fused-ring (bicyclic) bond motifs is 1. The van der Waals surface area contributed by atoms with Gasteiger partial charge in [0.25, 0.3) is 0 Å². The maximum absolute atomic E-state index is 13.3. The maximum Gasteiger partial charge on any atom is 0.423 e. The molecule has 4 N–H and O–H groups in total. The smallest absolute Gasteiger partial charge is 0.393 e. The number of alkyl halides is 4. The minimum Gasteiger partial charge on any atom is -0.393 e. The molecule has 3 fully saturated rings. The molecule has 0 aliphatic heterocycles. The fraction of sp³-hybridized carbons (Fsp3) is 0.758. The van der Waals surface area contributed by atoms with E-state index in [1.165, 1.54) is 11.6 Å². The zero-order valence-corrected chi connectivity index (χ0v) is 25.1. The van der Waals surface area contributed by atoms with Crippen molar-refractivity contribution in [3.63, 3.8) is 0 Å². The molecule has 0 spiro atoms. The quantitative estimate of drug-likeness (QED) is 0.160. The second-order valence-corrected chi connectivity index (χ2v) is 14.1. The topological polar surface area (TPSA) is 80.9 Å². The number of hydrogen-bond acceptors (Lipinski definition) is 4. The van der Waals surface area contributed by atoms with Crippen LogP contribution in [0.25, 0.3) is 0 Å². The lowest BCUT2D eigenvalue weighted by Gasteiger charge is -2.49. The fourth-order valence-electron chi connectivity index (χ4n) is 7.93. The van der Waals surface area contributed by atoms with Crippen molar-refractivity contribution in [2.75, 3.05) is 6.67 Å². The molecule has 0 aromatic carbocycles. The molecular formula is C33H50F4O4. The van der Waals surface area contributed by atoms with E-state index in [0.29, 0.717) is 49.7 Å². The largest absolute Gasteiger partial charge is 0.423 e. The molecule has 0 aromatic rings. The van der Waals surface area contributed by atoms with Crippen molar-refractivity contribution in [3.05, 3.63) is 47.6 Å². The van der Waals surface area contributed by atoms with Gasteiger partial charge in [-0.25, -0.2) is 4.39 Å². The summed E-state index contributed by atoms with van der Waals surface area (Å²) in [5, 5.41) is 40.6. The van der Waals surface area contributed by atoms with Gasteiger partial charge in [0.05, 0.1) is 17.8 Å². The predicted octanol–water partition coefficient (Wildman–Crippen LogP) is 7.28. The van der Waals surface area contributed by atoms with Gasteiger partial charge in [-0.1, -0.05) is 50.6 Å². The summed E-state index contributed by atoms with van der Waals surface area (Å²) in [5.41, 5.74) is -2.05. The van der Waals surface area contributed by atoms with E-state index in [2.05, 4.69) is 26.5 Å². The zero-order valence-electron chi connectivity index (χ0n) is 25.1. The third-order valence-electron chi connectivity index (χ3n) is 10.3. The van der Waals surface area contributed by atoms with Gasteiger partial charge in [-0.3, -0.25) is 0 Å². The molecule has 8 heteroatoms. The molecule has 3 aliphatic carbocycles. The lowest BCUT2D eigenvalue weighted by molar-refractivity contribution is -0.243. The number of aliphatic hydroxyl groups excluding tert-OH is 2. The Balaban J connectivity index is 1.90. The van der Waals surface area contributed by atoms with Gasteiger partial charge in [0.15, 0.2) is 0 Å². The number of allylic oxidation sites excluding steroid dienone is 4. The van der Waals surface area contributed by atoms with Gasteiger partial charge < -0.3 is 20.4 Å². The van der Waals surface area contributed by atoms with E-state index in [-0.39, 0.29) is 17.8 Å². The minimum absolute atomic E-state index is 0.0943. The first-order valence-corrected chi connectivity index (χ1v) is 15.1. The van der Waals surface area contributed by atoms with E-state index in [0.717, 1.165) is 37.7 Å². The van der Waals surface area contributed by atoms with Crippen LogP contribution < -0.4 is 0 Å². The summed E-state index contributed by atoms with van der Waals surface area (Å²) < 4.78 is 53.3. The average molecular weight is 587 g/mol. The third kappa shape index (κ3) is 7.73. The fourth-order valence-corrected chi connectivity index (χ4v) is 7.93. The van der Waals surface area contributed by atoms with Crippen LogP contribution in [-0.4, -0.2) is 56.7 Å². The summed E-state index contributed by atoms with van der Waals surface area (Å²) >= 11 is 0. The Bertz CT molecular complexity index is 1030. The van der Waals surface area contributed by atoms with Crippen molar-refractivity contribution in [1.29, 1.82) is 0 Å². The summed E-state index contributed by atoms with van der Waals surface area (Å²) in [6.07, 6.45) is 7.27. The van der Waals surface area contributed by atoms with Gasteiger partial charge >= 0.3 is 6.18 Å². The van der Waals surface area contributed by atoms with Crippen LogP contribution in [0.15, 0.2) is 47.6 Å². The van der Waals surface area contributed by atoms with Crippen molar-refractivity contribution in [2.24, 2.45) is 22.7 Å². The molecule has 3 aliphatic rings. The SMILES string of the molecule is C=C1/C(=C\C=C2CCC[C@@]3(C)C2CC[C@@H]3[C@](C)(C/C=C/C(O)(CF)C(F)(F)F)CCCC(C)(C)O)C[C@@H](O)CC1O. The highest BCUT2D eigenvalue weighted by Gasteiger charge is 2.55. The Morgan fingerprint density at radius 2 is 1.73 bits per heavy atom. The van der Waals surface area contributed by atoms with Gasteiger partial charge in [-0.2, -0.15) is 13.2 Å². The van der Waals surface area contributed by atoms with E-state index >= 15 is 0 Å². The van der Waals surface area contributed by atoms with Gasteiger partial charge in [0, 0.05) is 6.42 Å². The highest BCUT2D eigenvalue weighted by molar-refractivity contribution is 5.38. The molecule has 3 unspecified atom stereocenters. The van der Waals surface area contributed by atoms with Crippen LogP contribution in [0.3, 0.4) is 0 Å². The number of halogens is 4. The highest BCUT2D eigenvalue weighted by atomic mass is 19.4. The molecule has 41 heavy (non-hydrogen) atoms. The van der Waals surface area contributed by atoms with Crippen LogP contribution in [0.4, 0.5) is 17.6 Å². The van der Waals surface area contributed by atoms with E-state index in [4.69, 9.17) is 0 Å². The van der Waals surface area contributed by atoms with Crippen LogP contribution in [0.5, 0.6) is 0 Å². The molecule has 0 aromatic heterocycles. The first-order valence-electron chi connectivity index (χ1n) is 15.1.